The van der Waals surface area contributed by atoms with Gasteiger partial charge in [0.2, 0.25) is 0 Å². The van der Waals surface area contributed by atoms with Crippen molar-refractivity contribution in [2.45, 2.75) is 32.4 Å². The fourth-order valence-corrected chi connectivity index (χ4v) is 4.77. The van der Waals surface area contributed by atoms with Crippen molar-refractivity contribution in [1.29, 1.82) is 0 Å². The van der Waals surface area contributed by atoms with E-state index in [2.05, 4.69) is 69.7 Å². The summed E-state index contributed by atoms with van der Waals surface area (Å²) in [6.07, 6.45) is 9.69. The zero-order chi connectivity index (χ0) is 26.3. The molecule has 2 aliphatic rings. The van der Waals surface area contributed by atoms with Crippen molar-refractivity contribution in [1.82, 2.24) is 14.8 Å². The van der Waals surface area contributed by atoms with E-state index in [-0.39, 0.29) is 11.9 Å². The summed E-state index contributed by atoms with van der Waals surface area (Å²) in [6.45, 7) is 7.34. The minimum Gasteiger partial charge on any atom is -0.344 e. The molecule has 1 amide bonds. The van der Waals surface area contributed by atoms with Gasteiger partial charge in [-0.1, -0.05) is 36.4 Å². The highest BCUT2D eigenvalue weighted by Gasteiger charge is 2.15. The van der Waals surface area contributed by atoms with Crippen LogP contribution < -0.4 is 10.6 Å². The standard InChI is InChI=1S/C31H36N6O/c1-23-9-14-27(20-29(23)35-30-8-4-3-7-28(34-30)26-6-5-15-32-21-26)33-31(38)25-12-10-24(11-13-25)22-37-18-16-36(2)17-19-37/h3,5-7,9-15,20-21,28H,4,8,16-19,22H2,1-2H3,(H,33,38)(H,34,35). The Hall–Kier alpha value is -3.81. The number of nitrogens with zero attached hydrogens (tertiary/aromatic N) is 4. The normalized spacial score (nSPS) is 18.5. The number of hydrogen-bond donors (Lipinski definition) is 2. The van der Waals surface area contributed by atoms with Crippen molar-refractivity contribution >= 4 is 23.1 Å². The molecule has 1 saturated heterocycles. The molecule has 1 fully saturated rings. The van der Waals surface area contributed by atoms with Gasteiger partial charge in [0.15, 0.2) is 0 Å². The number of allylic oxidation sites excluding steroid dienone is 1. The zero-order valence-corrected chi connectivity index (χ0v) is 22.2. The molecule has 3 aromatic rings. The first-order valence-corrected chi connectivity index (χ1v) is 13.4. The number of carbonyl (C=O) groups excluding carboxylic acids is 1. The van der Waals surface area contributed by atoms with E-state index in [0.29, 0.717) is 5.56 Å². The maximum Gasteiger partial charge on any atom is 0.255 e. The number of pyridine rings is 1. The van der Waals surface area contributed by atoms with Crippen LogP contribution in [0.3, 0.4) is 0 Å². The number of nitrogens with one attached hydrogen (secondary N) is 2. The number of aromatic nitrogens is 1. The molecule has 0 radical (unpaired) electrons. The second kappa shape index (κ2) is 12.2. The van der Waals surface area contributed by atoms with Gasteiger partial charge in [0.1, 0.15) is 5.84 Å². The SMILES string of the molecule is Cc1ccc(NC(=O)c2ccc(CN3CCN(C)CC3)cc2)cc1NC1=NC(c2cccnc2)C=CCC1. The summed E-state index contributed by atoms with van der Waals surface area (Å²) < 4.78 is 0. The van der Waals surface area contributed by atoms with Crippen molar-refractivity contribution in [2.75, 3.05) is 43.9 Å². The number of rotatable bonds is 6. The van der Waals surface area contributed by atoms with Crippen LogP contribution in [0.25, 0.3) is 0 Å². The van der Waals surface area contributed by atoms with Crippen molar-refractivity contribution in [2.24, 2.45) is 4.99 Å². The second-order valence-corrected chi connectivity index (χ2v) is 10.2. The van der Waals surface area contributed by atoms with Crippen molar-refractivity contribution < 1.29 is 4.79 Å². The minimum absolute atomic E-state index is 0.0592. The maximum absolute atomic E-state index is 13.0. The molecule has 2 aromatic carbocycles. The van der Waals surface area contributed by atoms with Crippen LogP contribution in [0.15, 0.2) is 84.1 Å². The number of anilines is 2. The van der Waals surface area contributed by atoms with E-state index in [9.17, 15) is 4.79 Å². The van der Waals surface area contributed by atoms with E-state index in [1.807, 2.05) is 42.6 Å². The zero-order valence-electron chi connectivity index (χ0n) is 22.2. The molecular formula is C31H36N6O. The summed E-state index contributed by atoms with van der Waals surface area (Å²) in [5.41, 5.74) is 5.74. The van der Waals surface area contributed by atoms with Crippen LogP contribution in [-0.4, -0.2) is 59.8 Å². The lowest BCUT2D eigenvalue weighted by Crippen LogP contribution is -2.43. The summed E-state index contributed by atoms with van der Waals surface area (Å²) >= 11 is 0. The Bertz CT molecular complexity index is 1290. The van der Waals surface area contributed by atoms with Crippen LogP contribution in [0.4, 0.5) is 11.4 Å². The number of aliphatic imine (C=N–C) groups is 1. The number of carbonyl (C=O) groups is 1. The molecule has 7 nitrogen and oxygen atoms in total. The number of amides is 1. The van der Waals surface area contributed by atoms with E-state index in [4.69, 9.17) is 4.99 Å². The lowest BCUT2D eigenvalue weighted by atomic mass is 10.1. The Morgan fingerprint density at radius 3 is 2.63 bits per heavy atom. The van der Waals surface area contributed by atoms with E-state index < -0.39 is 0 Å². The van der Waals surface area contributed by atoms with Gasteiger partial charge in [-0.15, -0.1) is 0 Å². The summed E-state index contributed by atoms with van der Waals surface area (Å²) in [5.74, 6) is 0.810. The number of piperazine rings is 1. The molecule has 1 unspecified atom stereocenters. The van der Waals surface area contributed by atoms with Crippen LogP contribution in [0, 0.1) is 6.92 Å². The van der Waals surface area contributed by atoms with Gasteiger partial charge >= 0.3 is 0 Å². The van der Waals surface area contributed by atoms with Crippen LogP contribution in [0.1, 0.15) is 45.9 Å². The van der Waals surface area contributed by atoms with Crippen LogP contribution in [0.5, 0.6) is 0 Å². The Labute approximate surface area is 225 Å². The molecule has 5 rings (SSSR count). The molecule has 0 aliphatic carbocycles. The van der Waals surface area contributed by atoms with Gasteiger partial charge in [-0.05, 0) is 67.4 Å². The first-order valence-electron chi connectivity index (χ1n) is 13.4. The Morgan fingerprint density at radius 1 is 1.05 bits per heavy atom. The van der Waals surface area contributed by atoms with Gasteiger partial charge in [0.25, 0.3) is 5.91 Å². The van der Waals surface area contributed by atoms with Crippen LogP contribution in [-0.2, 0) is 6.54 Å². The van der Waals surface area contributed by atoms with Gasteiger partial charge in [-0.2, -0.15) is 0 Å². The molecular weight excluding hydrogens is 472 g/mol. The topological polar surface area (TPSA) is 72.9 Å². The summed E-state index contributed by atoms with van der Waals surface area (Å²) in [4.78, 5) is 27.0. The molecule has 2 aliphatic heterocycles. The third kappa shape index (κ3) is 6.73. The van der Waals surface area contributed by atoms with E-state index in [1.165, 1.54) is 5.56 Å². The molecule has 0 saturated carbocycles. The number of likely N-dealkylation sites (N-methyl/N-ethyl adjacent to an activating group) is 1. The lowest BCUT2D eigenvalue weighted by molar-refractivity contribution is 0.102. The Kier molecular flexibility index (Phi) is 8.26. The number of aryl methyl sites for hydroxylation is 1. The fraction of sp³-hybridized carbons (Fsp3) is 0.323. The van der Waals surface area contributed by atoms with Crippen LogP contribution >= 0.6 is 0 Å². The lowest BCUT2D eigenvalue weighted by Gasteiger charge is -2.32. The second-order valence-electron chi connectivity index (χ2n) is 10.2. The summed E-state index contributed by atoms with van der Waals surface area (Å²) in [7, 11) is 2.17. The van der Waals surface area contributed by atoms with Gasteiger partial charge in [-0.25, -0.2) is 0 Å². The number of benzene rings is 2. The molecule has 196 valence electrons. The quantitative estimate of drug-likeness (QED) is 0.443. The minimum atomic E-state index is -0.112. The average molecular weight is 509 g/mol. The van der Waals surface area contributed by atoms with Crippen LogP contribution in [0.2, 0.25) is 0 Å². The monoisotopic (exact) mass is 508 g/mol. The van der Waals surface area contributed by atoms with Crippen molar-refractivity contribution in [3.05, 3.63) is 101 Å². The van der Waals surface area contributed by atoms with Gasteiger partial charge in [-0.3, -0.25) is 19.7 Å². The largest absolute Gasteiger partial charge is 0.344 e. The van der Waals surface area contributed by atoms with Gasteiger partial charge < -0.3 is 15.5 Å². The smallest absolute Gasteiger partial charge is 0.255 e. The highest BCUT2D eigenvalue weighted by molar-refractivity contribution is 6.05. The molecule has 2 N–H and O–H groups in total. The summed E-state index contributed by atoms with van der Waals surface area (Å²) in [5, 5.41) is 6.58. The molecule has 7 heteroatoms. The molecule has 0 spiro atoms. The predicted octanol–water partition coefficient (Wildman–Crippen LogP) is 5.29. The summed E-state index contributed by atoms with van der Waals surface area (Å²) in [6, 6.07) is 17.8. The molecule has 1 atom stereocenters. The number of amidine groups is 1. The highest BCUT2D eigenvalue weighted by atomic mass is 16.1. The average Bonchev–Trinajstić information content (AvgIpc) is 3.18. The fourth-order valence-electron chi connectivity index (χ4n) is 4.77. The first-order chi connectivity index (χ1) is 18.5. The number of hydrogen-bond acceptors (Lipinski definition) is 6. The third-order valence-corrected chi connectivity index (χ3v) is 7.18. The van der Waals surface area contributed by atoms with Crippen molar-refractivity contribution in [3.63, 3.8) is 0 Å². The highest BCUT2D eigenvalue weighted by Crippen LogP contribution is 2.25. The Balaban J connectivity index is 1.23. The van der Waals surface area contributed by atoms with Gasteiger partial charge in [0, 0.05) is 68.5 Å². The first kappa shape index (κ1) is 25.8. The van der Waals surface area contributed by atoms with Gasteiger partial charge in [0.05, 0.1) is 6.04 Å². The molecule has 3 heterocycles. The van der Waals surface area contributed by atoms with E-state index in [0.717, 1.165) is 73.9 Å². The van der Waals surface area contributed by atoms with E-state index >= 15 is 0 Å². The molecule has 1 aromatic heterocycles. The maximum atomic E-state index is 13.0. The molecule has 38 heavy (non-hydrogen) atoms. The Morgan fingerprint density at radius 2 is 1.87 bits per heavy atom. The van der Waals surface area contributed by atoms with E-state index in [1.54, 1.807) is 6.20 Å². The van der Waals surface area contributed by atoms with Crippen molar-refractivity contribution in [3.8, 4) is 0 Å². The molecule has 0 bridgehead atoms. The third-order valence-electron chi connectivity index (χ3n) is 7.18. The predicted molar refractivity (Wildman–Crippen MR) is 155 cm³/mol.